The van der Waals surface area contributed by atoms with Crippen molar-refractivity contribution in [3.63, 3.8) is 0 Å². The van der Waals surface area contributed by atoms with Gasteiger partial charge >= 0.3 is 0 Å². The monoisotopic (exact) mass is 562 g/mol. The van der Waals surface area contributed by atoms with Crippen LogP contribution in [0, 0.1) is 13.8 Å². The zero-order chi connectivity index (χ0) is 29.4. The first-order valence-corrected chi connectivity index (χ1v) is 15.3. The van der Waals surface area contributed by atoms with Crippen LogP contribution in [0.2, 0.25) is 0 Å². The molecule has 7 aromatic carbocycles. The van der Waals surface area contributed by atoms with Gasteiger partial charge in [0.2, 0.25) is 0 Å². The maximum atomic E-state index is 2.45. The minimum Gasteiger partial charge on any atom is -0.309 e. The second-order valence-corrected chi connectivity index (χ2v) is 11.9. The fourth-order valence-electron chi connectivity index (χ4n) is 7.43. The van der Waals surface area contributed by atoms with Gasteiger partial charge in [-0.1, -0.05) is 97.1 Å². The number of fused-ring (bicyclic) bond motifs is 8. The lowest BCUT2D eigenvalue weighted by Crippen LogP contribution is -1.96. The Bertz CT molecular complexity index is 2560. The number of hydrogen-bond acceptors (Lipinski definition) is 0. The van der Waals surface area contributed by atoms with Crippen LogP contribution in [-0.4, -0.2) is 9.13 Å². The van der Waals surface area contributed by atoms with Gasteiger partial charge in [0.1, 0.15) is 0 Å². The third-order valence-corrected chi connectivity index (χ3v) is 9.39. The van der Waals surface area contributed by atoms with Crippen LogP contribution < -0.4 is 0 Å². The van der Waals surface area contributed by atoms with Crippen molar-refractivity contribution in [3.8, 4) is 22.5 Å². The van der Waals surface area contributed by atoms with Crippen LogP contribution >= 0.6 is 0 Å². The first-order valence-electron chi connectivity index (χ1n) is 15.3. The number of rotatable bonds is 3. The summed E-state index contributed by atoms with van der Waals surface area (Å²) < 4.78 is 4.83. The highest BCUT2D eigenvalue weighted by Gasteiger charge is 2.19. The fourth-order valence-corrected chi connectivity index (χ4v) is 7.43. The number of aryl methyl sites for hydroxylation is 2. The Morgan fingerprint density at radius 1 is 0.364 bits per heavy atom. The van der Waals surface area contributed by atoms with Crippen LogP contribution in [0.4, 0.5) is 0 Å². The van der Waals surface area contributed by atoms with Crippen molar-refractivity contribution < 1.29 is 0 Å². The molecule has 0 radical (unpaired) electrons. The Hall–Kier alpha value is -5.60. The van der Waals surface area contributed by atoms with Crippen molar-refractivity contribution >= 4 is 54.4 Å². The number of para-hydroxylation sites is 3. The van der Waals surface area contributed by atoms with Crippen LogP contribution in [0.1, 0.15) is 11.1 Å². The molecule has 0 fully saturated rings. The van der Waals surface area contributed by atoms with E-state index >= 15 is 0 Å². The SMILES string of the molecule is Cc1ccccc1-c1c(C)ccc2c1ccc1c2c2ccccc2n1-c1ccc2c(c1)c1ccccc1n2-c1ccccc1. The predicted octanol–water partition coefficient (Wildman–Crippen LogP) is 11.3. The third kappa shape index (κ3) is 3.49. The highest BCUT2D eigenvalue weighted by atomic mass is 15.0. The van der Waals surface area contributed by atoms with E-state index in [1.807, 2.05) is 0 Å². The molecule has 9 aromatic rings. The molecule has 9 rings (SSSR count). The molecule has 0 bridgehead atoms. The van der Waals surface area contributed by atoms with E-state index in [9.17, 15) is 0 Å². The van der Waals surface area contributed by atoms with Crippen LogP contribution in [0.3, 0.4) is 0 Å². The van der Waals surface area contributed by atoms with Gasteiger partial charge in [0.15, 0.2) is 0 Å². The van der Waals surface area contributed by atoms with Crippen LogP contribution in [0.25, 0.3) is 76.9 Å². The molecule has 0 aliphatic rings. The van der Waals surface area contributed by atoms with Crippen LogP contribution in [0.5, 0.6) is 0 Å². The van der Waals surface area contributed by atoms with Crippen LogP contribution in [-0.2, 0) is 0 Å². The highest BCUT2D eigenvalue weighted by molar-refractivity contribution is 6.23. The molecule has 2 heterocycles. The standard InChI is InChI=1S/C42H30N2/c1-27-12-6-7-15-31(27)41-28(2)20-22-34-33(41)23-25-40-42(34)35-17-9-11-19-38(35)44(40)30-21-24-39-36(26-30)32-16-8-10-18-37(32)43(39)29-13-4-3-5-14-29/h3-26H,1-2H3. The summed E-state index contributed by atoms with van der Waals surface area (Å²) in [5.41, 5.74) is 12.5. The van der Waals surface area contributed by atoms with Gasteiger partial charge in [0, 0.05) is 32.9 Å². The summed E-state index contributed by atoms with van der Waals surface area (Å²) >= 11 is 0. The first-order chi connectivity index (χ1) is 21.7. The molecule has 0 unspecified atom stereocenters. The second kappa shape index (κ2) is 9.45. The lowest BCUT2D eigenvalue weighted by molar-refractivity contribution is 1.17. The van der Waals surface area contributed by atoms with Crippen LogP contribution in [0.15, 0.2) is 146 Å². The van der Waals surface area contributed by atoms with Gasteiger partial charge in [-0.3, -0.25) is 0 Å². The molecule has 208 valence electrons. The number of aromatic nitrogens is 2. The smallest absolute Gasteiger partial charge is 0.0547 e. The van der Waals surface area contributed by atoms with Gasteiger partial charge in [-0.2, -0.15) is 0 Å². The fraction of sp³-hybridized carbons (Fsp3) is 0.0476. The Balaban J connectivity index is 1.36. The van der Waals surface area contributed by atoms with E-state index in [-0.39, 0.29) is 0 Å². The van der Waals surface area contributed by atoms with Gasteiger partial charge in [-0.15, -0.1) is 0 Å². The van der Waals surface area contributed by atoms with Gasteiger partial charge in [-0.05, 0) is 95.4 Å². The molecule has 2 nitrogen and oxygen atoms in total. The van der Waals surface area contributed by atoms with Gasteiger partial charge in [0.05, 0.1) is 22.1 Å². The summed E-state index contributed by atoms with van der Waals surface area (Å²) in [6, 6.07) is 53.2. The highest BCUT2D eigenvalue weighted by Crippen LogP contribution is 2.42. The van der Waals surface area contributed by atoms with E-state index in [0.29, 0.717) is 0 Å². The van der Waals surface area contributed by atoms with E-state index in [4.69, 9.17) is 0 Å². The maximum absolute atomic E-state index is 2.45. The lowest BCUT2D eigenvalue weighted by atomic mass is 9.90. The molecule has 0 atom stereocenters. The molecule has 44 heavy (non-hydrogen) atoms. The first kappa shape index (κ1) is 24.9. The van der Waals surface area contributed by atoms with E-state index in [1.165, 1.54) is 88.0 Å². The molecular formula is C42H30N2. The molecule has 0 amide bonds. The Labute approximate surface area is 256 Å². The van der Waals surface area contributed by atoms with Gasteiger partial charge < -0.3 is 9.13 Å². The molecule has 0 N–H and O–H groups in total. The number of benzene rings is 7. The zero-order valence-corrected chi connectivity index (χ0v) is 24.8. The number of nitrogens with zero attached hydrogens (tertiary/aromatic N) is 2. The van der Waals surface area contributed by atoms with E-state index in [2.05, 4.69) is 169 Å². The summed E-state index contributed by atoms with van der Waals surface area (Å²) in [4.78, 5) is 0. The summed E-state index contributed by atoms with van der Waals surface area (Å²) in [5, 5.41) is 7.70. The second-order valence-electron chi connectivity index (χ2n) is 11.9. The van der Waals surface area contributed by atoms with Crippen molar-refractivity contribution in [2.75, 3.05) is 0 Å². The molecule has 0 saturated carbocycles. The summed E-state index contributed by atoms with van der Waals surface area (Å²) in [5.74, 6) is 0. The summed E-state index contributed by atoms with van der Waals surface area (Å²) in [6.45, 7) is 4.44. The maximum Gasteiger partial charge on any atom is 0.0547 e. The average Bonchev–Trinajstić information content (AvgIpc) is 3.58. The van der Waals surface area contributed by atoms with Crippen molar-refractivity contribution in [2.24, 2.45) is 0 Å². The molecule has 2 heteroatoms. The lowest BCUT2D eigenvalue weighted by Gasteiger charge is -2.14. The van der Waals surface area contributed by atoms with Crippen molar-refractivity contribution in [2.45, 2.75) is 13.8 Å². The van der Waals surface area contributed by atoms with E-state index < -0.39 is 0 Å². The zero-order valence-electron chi connectivity index (χ0n) is 24.8. The Morgan fingerprint density at radius 3 is 1.80 bits per heavy atom. The molecular weight excluding hydrogens is 532 g/mol. The Kier molecular flexibility index (Phi) is 5.36. The quantitative estimate of drug-likeness (QED) is 0.203. The molecule has 2 aromatic heterocycles. The molecule has 0 saturated heterocycles. The van der Waals surface area contributed by atoms with Gasteiger partial charge in [0.25, 0.3) is 0 Å². The molecule has 0 aliphatic heterocycles. The Morgan fingerprint density at radius 2 is 0.977 bits per heavy atom. The average molecular weight is 563 g/mol. The number of hydrogen-bond donors (Lipinski definition) is 0. The van der Waals surface area contributed by atoms with Gasteiger partial charge in [-0.25, -0.2) is 0 Å². The molecule has 0 aliphatic carbocycles. The summed E-state index contributed by atoms with van der Waals surface area (Å²) in [7, 11) is 0. The predicted molar refractivity (Wildman–Crippen MR) is 188 cm³/mol. The third-order valence-electron chi connectivity index (χ3n) is 9.39. The minimum atomic E-state index is 1.17. The minimum absolute atomic E-state index is 1.17. The van der Waals surface area contributed by atoms with Crippen molar-refractivity contribution in [3.05, 3.63) is 157 Å². The van der Waals surface area contributed by atoms with Crippen molar-refractivity contribution in [1.29, 1.82) is 0 Å². The van der Waals surface area contributed by atoms with E-state index in [1.54, 1.807) is 0 Å². The van der Waals surface area contributed by atoms with E-state index in [0.717, 1.165) is 0 Å². The summed E-state index contributed by atoms with van der Waals surface area (Å²) in [6.07, 6.45) is 0. The largest absolute Gasteiger partial charge is 0.309 e. The topological polar surface area (TPSA) is 9.86 Å². The molecule has 0 spiro atoms. The van der Waals surface area contributed by atoms with Crippen molar-refractivity contribution in [1.82, 2.24) is 9.13 Å². The normalized spacial score (nSPS) is 11.9.